The second-order valence-electron chi connectivity index (χ2n) is 5.70. The van der Waals surface area contributed by atoms with Crippen molar-refractivity contribution in [3.63, 3.8) is 0 Å². The number of nitrogens with zero attached hydrogens (tertiary/aromatic N) is 3. The Labute approximate surface area is 139 Å². The minimum absolute atomic E-state index is 0.116. The maximum atomic E-state index is 12.6. The van der Waals surface area contributed by atoms with Gasteiger partial charge >= 0.3 is 6.03 Å². The van der Waals surface area contributed by atoms with E-state index in [2.05, 4.69) is 4.98 Å². The van der Waals surface area contributed by atoms with E-state index in [4.69, 9.17) is 0 Å². The minimum atomic E-state index is -0.414. The van der Waals surface area contributed by atoms with Crippen molar-refractivity contribution in [2.75, 3.05) is 13.6 Å². The summed E-state index contributed by atoms with van der Waals surface area (Å²) in [6.45, 7) is 2.39. The molecule has 0 bridgehead atoms. The fourth-order valence-electron chi connectivity index (χ4n) is 2.76. The van der Waals surface area contributed by atoms with E-state index in [0.717, 1.165) is 15.4 Å². The van der Waals surface area contributed by atoms with Crippen molar-refractivity contribution in [3.05, 3.63) is 52.0 Å². The molecular weight excluding hydrogens is 310 g/mol. The number of likely N-dealkylation sites (N-methyl/N-ethyl adjacent to an activating group) is 1. The van der Waals surface area contributed by atoms with Crippen molar-refractivity contribution in [2.45, 2.75) is 25.8 Å². The van der Waals surface area contributed by atoms with Crippen molar-refractivity contribution < 1.29 is 9.59 Å². The highest BCUT2D eigenvalue weighted by molar-refractivity contribution is 7.11. The molecule has 1 aromatic heterocycles. The van der Waals surface area contributed by atoms with Gasteiger partial charge in [0.05, 0.1) is 5.01 Å². The molecule has 0 spiro atoms. The van der Waals surface area contributed by atoms with Crippen molar-refractivity contribution in [1.82, 2.24) is 14.8 Å². The topological polar surface area (TPSA) is 53.5 Å². The van der Waals surface area contributed by atoms with Gasteiger partial charge in [-0.2, -0.15) is 0 Å². The van der Waals surface area contributed by atoms with Gasteiger partial charge in [0, 0.05) is 37.5 Å². The average molecular weight is 329 g/mol. The molecule has 5 nitrogen and oxygen atoms in total. The number of hydrogen-bond donors (Lipinski definition) is 0. The van der Waals surface area contributed by atoms with Gasteiger partial charge in [0.25, 0.3) is 5.91 Å². The molecule has 0 aliphatic carbocycles. The number of carbonyl (C=O) groups is 2. The molecule has 120 valence electrons. The van der Waals surface area contributed by atoms with Gasteiger partial charge < -0.3 is 4.90 Å². The lowest BCUT2D eigenvalue weighted by Gasteiger charge is -2.15. The standard InChI is InChI=1S/C17H19N3O2S/c1-12-11-18-15(23-12)8-9-20-16(21)14(19(2)17(20)22)10-13-6-4-3-5-7-13/h3-7,11,14H,8-10H2,1-2H3/t14-/m0/s1. The molecule has 1 aliphatic heterocycles. The summed E-state index contributed by atoms with van der Waals surface area (Å²) in [6, 6.07) is 9.15. The van der Waals surface area contributed by atoms with Gasteiger partial charge in [0.1, 0.15) is 6.04 Å². The van der Waals surface area contributed by atoms with Crippen LogP contribution in [0.25, 0.3) is 0 Å². The number of thiazole rings is 1. The van der Waals surface area contributed by atoms with Crippen LogP contribution < -0.4 is 0 Å². The first kappa shape index (κ1) is 15.7. The third-order valence-electron chi connectivity index (χ3n) is 4.04. The molecule has 2 aromatic rings. The van der Waals surface area contributed by atoms with Crippen LogP contribution in [0.4, 0.5) is 4.79 Å². The van der Waals surface area contributed by atoms with Crippen LogP contribution in [0.1, 0.15) is 15.4 Å². The second-order valence-corrected chi connectivity index (χ2v) is 7.02. The highest BCUT2D eigenvalue weighted by atomic mass is 32.1. The van der Waals surface area contributed by atoms with Gasteiger partial charge in [-0.3, -0.25) is 9.69 Å². The molecular formula is C17H19N3O2S. The number of amides is 3. The van der Waals surface area contributed by atoms with Crippen LogP contribution in [0.2, 0.25) is 0 Å². The van der Waals surface area contributed by atoms with E-state index in [1.807, 2.05) is 43.5 Å². The van der Waals surface area contributed by atoms with Gasteiger partial charge in [-0.15, -0.1) is 11.3 Å². The average Bonchev–Trinajstić information content (AvgIpc) is 3.05. The lowest BCUT2D eigenvalue weighted by molar-refractivity contribution is -0.128. The minimum Gasteiger partial charge on any atom is -0.315 e. The molecule has 3 amide bonds. The molecule has 1 saturated heterocycles. The molecule has 23 heavy (non-hydrogen) atoms. The van der Waals surface area contributed by atoms with Gasteiger partial charge in [0.2, 0.25) is 0 Å². The Morgan fingerprint density at radius 1 is 1.22 bits per heavy atom. The molecule has 6 heteroatoms. The molecule has 0 unspecified atom stereocenters. The zero-order valence-electron chi connectivity index (χ0n) is 13.2. The zero-order valence-corrected chi connectivity index (χ0v) is 14.0. The van der Waals surface area contributed by atoms with Crippen LogP contribution in [-0.2, 0) is 17.6 Å². The smallest absolute Gasteiger partial charge is 0.315 e. The Morgan fingerprint density at radius 2 is 1.96 bits per heavy atom. The molecule has 3 rings (SSSR count). The quantitative estimate of drug-likeness (QED) is 0.792. The highest BCUT2D eigenvalue weighted by Crippen LogP contribution is 2.21. The van der Waals surface area contributed by atoms with Gasteiger partial charge in [0.15, 0.2) is 0 Å². The van der Waals surface area contributed by atoms with Gasteiger partial charge in [-0.25, -0.2) is 9.78 Å². The molecule has 0 saturated carbocycles. The second kappa shape index (κ2) is 6.50. The fourth-order valence-corrected chi connectivity index (χ4v) is 3.53. The molecule has 0 N–H and O–H groups in total. The van der Waals surface area contributed by atoms with Crippen LogP contribution in [-0.4, -0.2) is 46.4 Å². The summed E-state index contributed by atoms with van der Waals surface area (Å²) in [7, 11) is 1.70. The molecule has 1 aromatic carbocycles. The molecule has 2 heterocycles. The molecule has 0 radical (unpaired) electrons. The maximum absolute atomic E-state index is 12.6. The number of aryl methyl sites for hydroxylation is 1. The monoisotopic (exact) mass is 329 g/mol. The predicted molar refractivity (Wildman–Crippen MR) is 89.4 cm³/mol. The highest BCUT2D eigenvalue weighted by Gasteiger charge is 2.42. The lowest BCUT2D eigenvalue weighted by atomic mass is 10.1. The van der Waals surface area contributed by atoms with Crippen LogP contribution in [0.15, 0.2) is 36.5 Å². The number of aromatic nitrogens is 1. The number of urea groups is 1. The summed E-state index contributed by atoms with van der Waals surface area (Å²) < 4.78 is 0. The summed E-state index contributed by atoms with van der Waals surface area (Å²) in [5.74, 6) is -0.116. The number of benzene rings is 1. The van der Waals surface area contributed by atoms with Crippen LogP contribution >= 0.6 is 11.3 Å². The number of rotatable bonds is 5. The first-order chi connectivity index (χ1) is 11.1. The normalized spacial score (nSPS) is 18.1. The van der Waals surface area contributed by atoms with E-state index in [9.17, 15) is 9.59 Å². The van der Waals surface area contributed by atoms with Gasteiger partial charge in [-0.1, -0.05) is 30.3 Å². The Kier molecular flexibility index (Phi) is 4.43. The first-order valence-electron chi connectivity index (χ1n) is 7.59. The molecule has 1 aliphatic rings. The Bertz CT molecular complexity index is 714. The fraction of sp³-hybridized carbons (Fsp3) is 0.353. The zero-order chi connectivity index (χ0) is 16.4. The number of imide groups is 1. The number of carbonyl (C=O) groups excluding carboxylic acids is 2. The maximum Gasteiger partial charge on any atom is 0.327 e. The third-order valence-corrected chi connectivity index (χ3v) is 5.01. The summed E-state index contributed by atoms with van der Waals surface area (Å²) in [5.41, 5.74) is 1.06. The van der Waals surface area contributed by atoms with E-state index in [0.29, 0.717) is 19.4 Å². The Balaban J connectivity index is 1.68. The van der Waals surface area contributed by atoms with Crippen molar-refractivity contribution in [3.8, 4) is 0 Å². The van der Waals surface area contributed by atoms with Crippen molar-refractivity contribution in [2.24, 2.45) is 0 Å². The number of hydrogen-bond acceptors (Lipinski definition) is 4. The van der Waals surface area contributed by atoms with Crippen molar-refractivity contribution >= 4 is 23.3 Å². The van der Waals surface area contributed by atoms with Crippen LogP contribution in [0, 0.1) is 6.92 Å². The van der Waals surface area contributed by atoms with E-state index < -0.39 is 6.04 Å². The summed E-state index contributed by atoms with van der Waals surface area (Å²) in [4.78, 5) is 33.3. The Hall–Kier alpha value is -2.21. The SMILES string of the molecule is Cc1cnc(CCN2C(=O)[C@H](Cc3ccccc3)N(C)C2=O)s1. The van der Waals surface area contributed by atoms with Crippen molar-refractivity contribution in [1.29, 1.82) is 0 Å². The Morgan fingerprint density at radius 3 is 2.61 bits per heavy atom. The van der Waals surface area contributed by atoms with Crippen LogP contribution in [0.5, 0.6) is 0 Å². The first-order valence-corrected chi connectivity index (χ1v) is 8.41. The summed E-state index contributed by atoms with van der Waals surface area (Å²) in [5, 5.41) is 0.956. The predicted octanol–water partition coefficient (Wildman–Crippen LogP) is 2.50. The van der Waals surface area contributed by atoms with E-state index in [-0.39, 0.29) is 11.9 Å². The van der Waals surface area contributed by atoms with E-state index in [1.54, 1.807) is 23.3 Å². The lowest BCUT2D eigenvalue weighted by Crippen LogP contribution is -2.34. The summed E-state index contributed by atoms with van der Waals surface area (Å²) >= 11 is 1.60. The third kappa shape index (κ3) is 3.27. The summed E-state index contributed by atoms with van der Waals surface area (Å²) in [6.07, 6.45) is 2.98. The molecule has 1 fully saturated rings. The van der Waals surface area contributed by atoms with Gasteiger partial charge in [-0.05, 0) is 12.5 Å². The van der Waals surface area contributed by atoms with E-state index in [1.165, 1.54) is 4.90 Å². The van der Waals surface area contributed by atoms with Crippen LogP contribution in [0.3, 0.4) is 0 Å². The van der Waals surface area contributed by atoms with E-state index >= 15 is 0 Å². The molecule has 1 atom stereocenters. The largest absolute Gasteiger partial charge is 0.327 e.